The number of carbonyl (C=O) groups excluding carboxylic acids is 1. The number of hydrogen-bond acceptors (Lipinski definition) is 6. The second-order valence-corrected chi connectivity index (χ2v) is 7.63. The molecule has 0 radical (unpaired) electrons. The molecule has 28 heavy (non-hydrogen) atoms. The zero-order chi connectivity index (χ0) is 20.1. The van der Waals surface area contributed by atoms with Crippen molar-refractivity contribution in [2.24, 2.45) is 5.10 Å². The van der Waals surface area contributed by atoms with Gasteiger partial charge in [0.05, 0.1) is 11.9 Å². The van der Waals surface area contributed by atoms with Gasteiger partial charge in [0.25, 0.3) is 5.91 Å². The molecule has 0 atom stereocenters. The summed E-state index contributed by atoms with van der Waals surface area (Å²) in [5, 5.41) is 5.45. The van der Waals surface area contributed by atoms with Crippen LogP contribution in [0, 0.1) is 6.92 Å². The van der Waals surface area contributed by atoms with Crippen molar-refractivity contribution in [2.45, 2.75) is 13.5 Å². The maximum Gasteiger partial charge on any atom is 0.283 e. The topological polar surface area (TPSA) is 89.6 Å². The number of aryl methyl sites for hydroxylation is 1. The Bertz CT molecular complexity index is 1020. The molecule has 0 spiro atoms. The summed E-state index contributed by atoms with van der Waals surface area (Å²) in [6, 6.07) is 12.5. The summed E-state index contributed by atoms with van der Waals surface area (Å²) >= 11 is 13.1. The van der Waals surface area contributed by atoms with Crippen LogP contribution in [-0.2, 0) is 6.61 Å². The van der Waals surface area contributed by atoms with Gasteiger partial charge in [-0.1, -0.05) is 40.6 Å². The van der Waals surface area contributed by atoms with Gasteiger partial charge in [0, 0.05) is 15.6 Å². The minimum Gasteiger partial charge on any atom is -0.489 e. The molecule has 0 unspecified atom stereocenters. The Morgan fingerprint density at radius 1 is 1.29 bits per heavy atom. The number of nitrogens with two attached hydrogens (primary N) is 1. The monoisotopic (exact) mass is 434 g/mol. The second kappa shape index (κ2) is 9.05. The largest absolute Gasteiger partial charge is 0.489 e. The number of halogens is 2. The normalized spacial score (nSPS) is 11.0. The number of hydrazone groups is 1. The third kappa shape index (κ3) is 5.22. The van der Waals surface area contributed by atoms with E-state index in [0.717, 1.165) is 22.5 Å². The summed E-state index contributed by atoms with van der Waals surface area (Å²) < 4.78 is 5.72. The number of anilines is 1. The van der Waals surface area contributed by atoms with Gasteiger partial charge in [-0.2, -0.15) is 5.10 Å². The molecule has 0 fully saturated rings. The van der Waals surface area contributed by atoms with Crippen molar-refractivity contribution in [1.29, 1.82) is 0 Å². The van der Waals surface area contributed by atoms with Crippen LogP contribution < -0.4 is 15.9 Å². The third-order valence-corrected chi connectivity index (χ3v) is 5.26. The van der Waals surface area contributed by atoms with Crippen LogP contribution in [0.25, 0.3) is 0 Å². The SMILES string of the molecule is Cc1nc(N)sc1C(=O)NN=Cc1ccc(OCc2ccc(Cl)cc2Cl)cc1. The van der Waals surface area contributed by atoms with E-state index in [9.17, 15) is 4.79 Å². The van der Waals surface area contributed by atoms with E-state index in [1.165, 1.54) is 6.21 Å². The number of ether oxygens (including phenoxy) is 1. The number of nitrogens with zero attached hydrogens (tertiary/aromatic N) is 2. The molecule has 2 aromatic carbocycles. The van der Waals surface area contributed by atoms with Gasteiger partial charge in [0.15, 0.2) is 5.13 Å². The van der Waals surface area contributed by atoms with Crippen LogP contribution in [0.4, 0.5) is 5.13 Å². The molecule has 1 heterocycles. The first-order chi connectivity index (χ1) is 13.4. The first-order valence-electron chi connectivity index (χ1n) is 8.15. The zero-order valence-electron chi connectivity index (χ0n) is 14.8. The van der Waals surface area contributed by atoms with Crippen LogP contribution in [0.1, 0.15) is 26.5 Å². The minimum absolute atomic E-state index is 0.330. The highest BCUT2D eigenvalue weighted by atomic mass is 35.5. The number of carbonyl (C=O) groups is 1. The van der Waals surface area contributed by atoms with Gasteiger partial charge >= 0.3 is 0 Å². The Morgan fingerprint density at radius 3 is 2.68 bits per heavy atom. The molecule has 3 aromatic rings. The van der Waals surface area contributed by atoms with E-state index in [-0.39, 0.29) is 5.91 Å². The van der Waals surface area contributed by atoms with Gasteiger partial charge in [-0.05, 0) is 48.9 Å². The van der Waals surface area contributed by atoms with Crippen molar-refractivity contribution in [3.63, 3.8) is 0 Å². The highest BCUT2D eigenvalue weighted by molar-refractivity contribution is 7.17. The van der Waals surface area contributed by atoms with Crippen molar-refractivity contribution in [3.8, 4) is 5.75 Å². The van der Waals surface area contributed by atoms with Crippen molar-refractivity contribution in [1.82, 2.24) is 10.4 Å². The average molecular weight is 435 g/mol. The van der Waals surface area contributed by atoms with Crippen LogP contribution in [0.5, 0.6) is 5.75 Å². The molecule has 0 saturated carbocycles. The fraction of sp³-hybridized carbons (Fsp3) is 0.105. The summed E-state index contributed by atoms with van der Waals surface area (Å²) in [4.78, 5) is 16.5. The van der Waals surface area contributed by atoms with Gasteiger partial charge in [-0.3, -0.25) is 4.79 Å². The lowest BCUT2D eigenvalue weighted by atomic mass is 10.2. The first kappa shape index (κ1) is 20.1. The summed E-state index contributed by atoms with van der Waals surface area (Å²) in [6.07, 6.45) is 1.54. The number of benzene rings is 2. The Hall–Kier alpha value is -2.61. The zero-order valence-corrected chi connectivity index (χ0v) is 17.1. The smallest absolute Gasteiger partial charge is 0.283 e. The van der Waals surface area contributed by atoms with Crippen molar-refractivity contribution < 1.29 is 9.53 Å². The van der Waals surface area contributed by atoms with Gasteiger partial charge in [0.1, 0.15) is 17.2 Å². The summed E-state index contributed by atoms with van der Waals surface area (Å²) in [6.45, 7) is 2.05. The number of aromatic nitrogens is 1. The van der Waals surface area contributed by atoms with E-state index >= 15 is 0 Å². The lowest BCUT2D eigenvalue weighted by molar-refractivity contribution is 0.0958. The molecule has 0 aliphatic rings. The predicted octanol–water partition coefficient (Wildman–Crippen LogP) is 4.68. The average Bonchev–Trinajstić information content (AvgIpc) is 3.00. The molecule has 144 valence electrons. The lowest BCUT2D eigenvalue weighted by Crippen LogP contribution is -2.17. The minimum atomic E-state index is -0.345. The maximum absolute atomic E-state index is 12.0. The maximum atomic E-state index is 12.0. The van der Waals surface area contributed by atoms with Crippen LogP contribution in [0.2, 0.25) is 10.0 Å². The van der Waals surface area contributed by atoms with Crippen molar-refractivity contribution in [3.05, 3.63) is 74.2 Å². The first-order valence-corrected chi connectivity index (χ1v) is 9.72. The van der Waals surface area contributed by atoms with Crippen LogP contribution >= 0.6 is 34.5 Å². The summed E-state index contributed by atoms with van der Waals surface area (Å²) in [5.74, 6) is 0.339. The van der Waals surface area contributed by atoms with E-state index in [2.05, 4.69) is 15.5 Å². The summed E-state index contributed by atoms with van der Waals surface area (Å²) in [7, 11) is 0. The van der Waals surface area contributed by atoms with E-state index in [4.69, 9.17) is 33.7 Å². The highest BCUT2D eigenvalue weighted by Crippen LogP contribution is 2.23. The van der Waals surface area contributed by atoms with Gasteiger partial charge in [-0.25, -0.2) is 10.4 Å². The van der Waals surface area contributed by atoms with E-state index < -0.39 is 0 Å². The molecule has 6 nitrogen and oxygen atoms in total. The van der Waals surface area contributed by atoms with E-state index in [1.54, 1.807) is 31.2 Å². The number of nitrogens with one attached hydrogen (secondary N) is 1. The van der Waals surface area contributed by atoms with E-state index in [1.807, 2.05) is 18.2 Å². The quantitative estimate of drug-likeness (QED) is 0.435. The lowest BCUT2D eigenvalue weighted by Gasteiger charge is -2.08. The number of hydrogen-bond donors (Lipinski definition) is 2. The van der Waals surface area contributed by atoms with Crippen LogP contribution in [0.3, 0.4) is 0 Å². The molecular formula is C19H16Cl2N4O2S. The molecule has 3 N–H and O–H groups in total. The van der Waals surface area contributed by atoms with Gasteiger partial charge in [-0.15, -0.1) is 0 Å². The Balaban J connectivity index is 1.54. The van der Waals surface area contributed by atoms with Crippen LogP contribution in [0.15, 0.2) is 47.6 Å². The molecule has 3 rings (SSSR count). The molecule has 1 aromatic heterocycles. The number of thiazole rings is 1. The molecule has 0 aliphatic heterocycles. The van der Waals surface area contributed by atoms with Crippen molar-refractivity contribution >= 4 is 51.8 Å². The Labute approximate surface area is 176 Å². The van der Waals surface area contributed by atoms with Gasteiger partial charge < -0.3 is 10.5 Å². The third-order valence-electron chi connectivity index (χ3n) is 3.69. The standard InChI is InChI=1S/C19H16Cl2N4O2S/c1-11-17(28-19(22)24-11)18(26)25-23-9-12-2-6-15(7-3-12)27-10-13-4-5-14(20)8-16(13)21/h2-9H,10H2,1H3,(H2,22,24)(H,25,26). The molecule has 0 bridgehead atoms. The molecule has 0 aliphatic carbocycles. The summed E-state index contributed by atoms with van der Waals surface area (Å²) in [5.41, 5.74) is 10.3. The van der Waals surface area contributed by atoms with Crippen LogP contribution in [-0.4, -0.2) is 17.1 Å². The second-order valence-electron chi connectivity index (χ2n) is 5.76. The van der Waals surface area contributed by atoms with E-state index in [0.29, 0.717) is 38.1 Å². The number of nitrogen functional groups attached to an aromatic ring is 1. The van der Waals surface area contributed by atoms with Crippen molar-refractivity contribution in [2.75, 3.05) is 5.73 Å². The number of rotatable bonds is 6. The molecule has 9 heteroatoms. The number of amides is 1. The molecule has 1 amide bonds. The fourth-order valence-electron chi connectivity index (χ4n) is 2.29. The molecule has 0 saturated heterocycles. The van der Waals surface area contributed by atoms with Gasteiger partial charge in [0.2, 0.25) is 0 Å². The molecular weight excluding hydrogens is 419 g/mol. The Kier molecular flexibility index (Phi) is 6.51. The fourth-order valence-corrected chi connectivity index (χ4v) is 3.48. The predicted molar refractivity (Wildman–Crippen MR) is 114 cm³/mol. The highest BCUT2D eigenvalue weighted by Gasteiger charge is 2.13. The Morgan fingerprint density at radius 2 is 2.04 bits per heavy atom.